The van der Waals surface area contributed by atoms with Gasteiger partial charge in [0.05, 0.1) is 12.6 Å². The van der Waals surface area contributed by atoms with Crippen molar-refractivity contribution in [2.75, 3.05) is 17.2 Å². The Labute approximate surface area is 144 Å². The van der Waals surface area contributed by atoms with Crippen LogP contribution in [0.1, 0.15) is 30.5 Å². The number of hydrogen-bond donors (Lipinski definition) is 2. The molecule has 2 aromatic rings. The predicted octanol–water partition coefficient (Wildman–Crippen LogP) is 4.45. The maximum absolute atomic E-state index is 12.2. The summed E-state index contributed by atoms with van der Waals surface area (Å²) in [6, 6.07) is 11.7. The van der Waals surface area contributed by atoms with Crippen molar-refractivity contribution >= 4 is 17.3 Å². The molecule has 0 atom stereocenters. The lowest BCUT2D eigenvalue weighted by atomic mass is 10.1. The molecule has 0 aliphatic heterocycles. The Bertz CT molecular complexity index is 700. The summed E-state index contributed by atoms with van der Waals surface area (Å²) in [4.78, 5) is 12.2. The first-order valence-electron chi connectivity index (χ1n) is 8.23. The number of amides is 1. The quantitative estimate of drug-likeness (QED) is 0.824. The first-order chi connectivity index (χ1) is 11.3. The molecule has 128 valence electrons. The summed E-state index contributed by atoms with van der Waals surface area (Å²) in [5, 5.41) is 6.13. The van der Waals surface area contributed by atoms with E-state index < -0.39 is 0 Å². The molecule has 0 bridgehead atoms. The molecule has 2 N–H and O–H groups in total. The third kappa shape index (κ3) is 5.01. The van der Waals surface area contributed by atoms with Gasteiger partial charge in [0.1, 0.15) is 5.75 Å². The van der Waals surface area contributed by atoms with Crippen LogP contribution in [0.4, 0.5) is 11.4 Å². The molecule has 1 amide bonds. The van der Waals surface area contributed by atoms with E-state index in [9.17, 15) is 4.79 Å². The minimum absolute atomic E-state index is 0.0870. The zero-order valence-corrected chi connectivity index (χ0v) is 15.1. The lowest BCUT2D eigenvalue weighted by Crippen LogP contribution is -2.22. The Morgan fingerprint density at radius 1 is 1.08 bits per heavy atom. The second kappa shape index (κ2) is 7.86. The van der Waals surface area contributed by atoms with E-state index >= 15 is 0 Å². The van der Waals surface area contributed by atoms with Crippen LogP contribution < -0.4 is 15.4 Å². The lowest BCUT2D eigenvalue weighted by molar-refractivity contribution is -0.114. The van der Waals surface area contributed by atoms with Crippen molar-refractivity contribution < 1.29 is 9.53 Å². The van der Waals surface area contributed by atoms with Crippen molar-refractivity contribution in [3.63, 3.8) is 0 Å². The minimum atomic E-state index is -0.0870. The molecule has 0 aliphatic carbocycles. The molecule has 4 heteroatoms. The molecule has 2 rings (SSSR count). The van der Waals surface area contributed by atoms with Crippen LogP contribution in [-0.4, -0.2) is 18.6 Å². The summed E-state index contributed by atoms with van der Waals surface area (Å²) >= 11 is 0. The molecule has 0 saturated heterocycles. The van der Waals surface area contributed by atoms with Gasteiger partial charge in [-0.15, -0.1) is 0 Å². The Hall–Kier alpha value is -2.49. The number of carbonyl (C=O) groups is 1. The van der Waals surface area contributed by atoms with Crippen LogP contribution in [0, 0.1) is 20.8 Å². The van der Waals surface area contributed by atoms with E-state index in [1.807, 2.05) is 52.0 Å². The Morgan fingerprint density at radius 3 is 2.38 bits per heavy atom. The van der Waals surface area contributed by atoms with E-state index in [1.165, 1.54) is 5.56 Å². The first-order valence-corrected chi connectivity index (χ1v) is 8.23. The van der Waals surface area contributed by atoms with Gasteiger partial charge in [-0.2, -0.15) is 0 Å². The highest BCUT2D eigenvalue weighted by Gasteiger charge is 2.07. The summed E-state index contributed by atoms with van der Waals surface area (Å²) < 4.78 is 5.64. The molecule has 0 fully saturated rings. The Kier molecular flexibility index (Phi) is 5.85. The molecule has 4 nitrogen and oxygen atoms in total. The molecule has 0 saturated carbocycles. The molecular formula is C20H26N2O2. The van der Waals surface area contributed by atoms with Crippen molar-refractivity contribution in [2.45, 2.75) is 40.7 Å². The van der Waals surface area contributed by atoms with Crippen molar-refractivity contribution in [1.82, 2.24) is 0 Å². The van der Waals surface area contributed by atoms with Gasteiger partial charge in [-0.1, -0.05) is 23.8 Å². The molecule has 0 spiro atoms. The topological polar surface area (TPSA) is 50.4 Å². The number of hydrogen-bond acceptors (Lipinski definition) is 3. The lowest BCUT2D eigenvalue weighted by Gasteiger charge is -2.14. The van der Waals surface area contributed by atoms with Crippen LogP contribution in [0.2, 0.25) is 0 Å². The molecule has 0 unspecified atom stereocenters. The average molecular weight is 326 g/mol. The summed E-state index contributed by atoms with van der Waals surface area (Å²) in [6.07, 6.45) is 0.102. The van der Waals surface area contributed by atoms with Crippen LogP contribution in [-0.2, 0) is 4.79 Å². The summed E-state index contributed by atoms with van der Waals surface area (Å²) in [7, 11) is 0. The Morgan fingerprint density at radius 2 is 1.75 bits per heavy atom. The third-order valence-corrected chi connectivity index (χ3v) is 3.59. The van der Waals surface area contributed by atoms with E-state index in [4.69, 9.17) is 4.74 Å². The van der Waals surface area contributed by atoms with Gasteiger partial charge < -0.3 is 15.4 Å². The fourth-order valence-corrected chi connectivity index (χ4v) is 2.75. The second-order valence-electron chi connectivity index (χ2n) is 6.37. The highest BCUT2D eigenvalue weighted by atomic mass is 16.5. The maximum atomic E-state index is 12.2. The van der Waals surface area contributed by atoms with Gasteiger partial charge in [-0.3, -0.25) is 4.79 Å². The van der Waals surface area contributed by atoms with Crippen LogP contribution in [0.15, 0.2) is 36.4 Å². The molecule has 0 radical (unpaired) electrons. The van der Waals surface area contributed by atoms with Crippen molar-refractivity contribution in [3.8, 4) is 5.75 Å². The van der Waals surface area contributed by atoms with E-state index in [2.05, 4.69) is 29.7 Å². The van der Waals surface area contributed by atoms with Gasteiger partial charge in [0.15, 0.2) is 0 Å². The standard InChI is InChI=1S/C20H26N2O2/c1-13(2)24-18-8-6-7-17(11-18)22-19(23)12-21-20-15(4)9-14(3)10-16(20)5/h6-11,13,21H,12H2,1-5H3,(H,22,23). The van der Waals surface area contributed by atoms with Gasteiger partial charge in [-0.05, 0) is 57.9 Å². The summed E-state index contributed by atoms with van der Waals surface area (Å²) in [6.45, 7) is 10.3. The van der Waals surface area contributed by atoms with Crippen molar-refractivity contribution in [3.05, 3.63) is 53.1 Å². The zero-order chi connectivity index (χ0) is 17.7. The number of carbonyl (C=O) groups excluding carboxylic acids is 1. The van der Waals surface area contributed by atoms with Gasteiger partial charge in [-0.25, -0.2) is 0 Å². The number of rotatable bonds is 6. The van der Waals surface area contributed by atoms with E-state index in [0.29, 0.717) is 0 Å². The largest absolute Gasteiger partial charge is 0.491 e. The van der Waals surface area contributed by atoms with Crippen LogP contribution in [0.5, 0.6) is 5.75 Å². The monoisotopic (exact) mass is 326 g/mol. The first kappa shape index (κ1) is 17.9. The molecular weight excluding hydrogens is 300 g/mol. The van der Waals surface area contributed by atoms with Crippen LogP contribution in [0.3, 0.4) is 0 Å². The predicted molar refractivity (Wildman–Crippen MR) is 100.0 cm³/mol. The fourth-order valence-electron chi connectivity index (χ4n) is 2.75. The van der Waals surface area contributed by atoms with Gasteiger partial charge in [0, 0.05) is 17.4 Å². The third-order valence-electron chi connectivity index (χ3n) is 3.59. The number of aryl methyl sites for hydroxylation is 3. The Balaban J connectivity index is 1.97. The SMILES string of the molecule is Cc1cc(C)c(NCC(=O)Nc2cccc(OC(C)C)c2)c(C)c1. The smallest absolute Gasteiger partial charge is 0.243 e. The van der Waals surface area contributed by atoms with Gasteiger partial charge in [0.25, 0.3) is 0 Å². The number of nitrogens with one attached hydrogen (secondary N) is 2. The van der Waals surface area contributed by atoms with Gasteiger partial charge >= 0.3 is 0 Å². The molecule has 2 aromatic carbocycles. The van der Waals surface area contributed by atoms with Crippen LogP contribution in [0.25, 0.3) is 0 Å². The normalized spacial score (nSPS) is 10.6. The van der Waals surface area contributed by atoms with Crippen LogP contribution >= 0.6 is 0 Å². The second-order valence-corrected chi connectivity index (χ2v) is 6.37. The minimum Gasteiger partial charge on any atom is -0.491 e. The summed E-state index contributed by atoms with van der Waals surface area (Å²) in [5.74, 6) is 0.664. The molecule has 24 heavy (non-hydrogen) atoms. The van der Waals surface area contributed by atoms with Crippen molar-refractivity contribution in [1.29, 1.82) is 0 Å². The highest BCUT2D eigenvalue weighted by molar-refractivity contribution is 5.94. The van der Waals surface area contributed by atoms with E-state index in [0.717, 1.165) is 28.3 Å². The number of benzene rings is 2. The van der Waals surface area contributed by atoms with E-state index in [-0.39, 0.29) is 18.6 Å². The molecule has 0 aromatic heterocycles. The van der Waals surface area contributed by atoms with E-state index in [1.54, 1.807) is 0 Å². The number of anilines is 2. The zero-order valence-electron chi connectivity index (χ0n) is 15.1. The average Bonchev–Trinajstić information content (AvgIpc) is 2.45. The molecule has 0 aliphatic rings. The van der Waals surface area contributed by atoms with Gasteiger partial charge in [0.2, 0.25) is 5.91 Å². The van der Waals surface area contributed by atoms with Crippen molar-refractivity contribution in [2.24, 2.45) is 0 Å². The molecule has 0 heterocycles. The maximum Gasteiger partial charge on any atom is 0.243 e. The highest BCUT2D eigenvalue weighted by Crippen LogP contribution is 2.22. The summed E-state index contributed by atoms with van der Waals surface area (Å²) in [5.41, 5.74) is 5.27. The fraction of sp³-hybridized carbons (Fsp3) is 0.350. The number of ether oxygens (including phenoxy) is 1.